The molecule has 0 aromatic carbocycles. The highest BCUT2D eigenvalue weighted by atomic mass is 16.6. The fourth-order valence-electron chi connectivity index (χ4n) is 0.916. The van der Waals surface area contributed by atoms with Crippen molar-refractivity contribution in [3.8, 4) is 0 Å². The minimum atomic E-state index is -1.48. The Morgan fingerprint density at radius 2 is 1.71 bits per heavy atom. The molecule has 0 saturated heterocycles. The second-order valence-electron chi connectivity index (χ2n) is 3.00. The first kappa shape index (κ1) is 15.1. The third-order valence-electron chi connectivity index (χ3n) is 1.79. The third kappa shape index (κ3) is 7.07. The second kappa shape index (κ2) is 8.28. The van der Waals surface area contributed by atoms with Crippen LogP contribution in [-0.2, 0) is 23.9 Å². The number of ether oxygens (including phenoxy) is 2. The fourth-order valence-corrected chi connectivity index (χ4v) is 0.916. The first-order valence-electron chi connectivity index (χ1n) is 4.81. The average Bonchev–Trinajstić information content (AvgIpc) is 2.26. The zero-order chi connectivity index (χ0) is 13.3. The van der Waals surface area contributed by atoms with E-state index in [4.69, 9.17) is 14.9 Å². The minimum Gasteiger partial charge on any atom is -0.481 e. The molecule has 96 valence electrons. The lowest BCUT2D eigenvalue weighted by molar-refractivity contribution is -0.155. The van der Waals surface area contributed by atoms with E-state index < -0.39 is 23.8 Å². The molecule has 0 aliphatic carbocycles. The largest absolute Gasteiger partial charge is 0.481 e. The van der Waals surface area contributed by atoms with Crippen molar-refractivity contribution in [3.63, 3.8) is 0 Å². The van der Waals surface area contributed by atoms with Crippen LogP contribution in [0.5, 0.6) is 0 Å². The van der Waals surface area contributed by atoms with Crippen molar-refractivity contribution in [2.24, 2.45) is 5.92 Å². The number of rotatable bonds is 9. The van der Waals surface area contributed by atoms with Gasteiger partial charge in [-0.2, -0.15) is 0 Å². The van der Waals surface area contributed by atoms with Crippen molar-refractivity contribution in [1.29, 1.82) is 0 Å². The second-order valence-corrected chi connectivity index (χ2v) is 3.00. The molecule has 7 heteroatoms. The molecule has 0 fully saturated rings. The molecule has 0 heterocycles. The SMILES string of the molecule is C=CC(=O)OCCOCCC(C(=O)O)C(=O)O. The summed E-state index contributed by atoms with van der Waals surface area (Å²) in [6.07, 6.45) is 0.866. The zero-order valence-corrected chi connectivity index (χ0v) is 9.13. The summed E-state index contributed by atoms with van der Waals surface area (Å²) in [6, 6.07) is 0. The first-order chi connectivity index (χ1) is 7.99. The van der Waals surface area contributed by atoms with Crippen LogP contribution in [0.4, 0.5) is 0 Å². The molecule has 0 saturated carbocycles. The Bertz CT molecular complexity index is 283. The van der Waals surface area contributed by atoms with Crippen LogP contribution in [-0.4, -0.2) is 47.9 Å². The lowest BCUT2D eigenvalue weighted by atomic mass is 10.1. The maximum absolute atomic E-state index is 10.6. The highest BCUT2D eigenvalue weighted by Crippen LogP contribution is 2.03. The van der Waals surface area contributed by atoms with E-state index in [2.05, 4.69) is 11.3 Å². The number of hydrogen-bond donors (Lipinski definition) is 2. The topological polar surface area (TPSA) is 110 Å². The smallest absolute Gasteiger partial charge is 0.330 e. The van der Waals surface area contributed by atoms with Gasteiger partial charge in [0.05, 0.1) is 6.61 Å². The van der Waals surface area contributed by atoms with Crippen molar-refractivity contribution in [1.82, 2.24) is 0 Å². The Balaban J connectivity index is 3.62. The Labute approximate surface area is 97.6 Å². The molecule has 0 aromatic heterocycles. The van der Waals surface area contributed by atoms with Crippen LogP contribution in [0.15, 0.2) is 12.7 Å². The number of aliphatic carboxylic acids is 2. The van der Waals surface area contributed by atoms with Crippen molar-refractivity contribution in [3.05, 3.63) is 12.7 Å². The van der Waals surface area contributed by atoms with E-state index in [-0.39, 0.29) is 26.2 Å². The number of hydrogen-bond acceptors (Lipinski definition) is 5. The molecule has 0 aliphatic rings. The zero-order valence-electron chi connectivity index (χ0n) is 9.13. The van der Waals surface area contributed by atoms with Gasteiger partial charge in [0.15, 0.2) is 5.92 Å². The molecule has 0 atom stereocenters. The molecule has 0 amide bonds. The highest BCUT2D eigenvalue weighted by molar-refractivity contribution is 5.92. The Kier molecular flexibility index (Phi) is 7.36. The molecule has 7 nitrogen and oxygen atoms in total. The standard InChI is InChI=1S/C10H14O7/c1-2-8(11)17-6-5-16-4-3-7(9(12)13)10(14)15/h2,7H,1,3-6H2,(H,12,13)(H,14,15). The van der Waals surface area contributed by atoms with Gasteiger partial charge in [-0.25, -0.2) is 4.79 Å². The van der Waals surface area contributed by atoms with Crippen LogP contribution in [0.2, 0.25) is 0 Å². The molecule has 0 unspecified atom stereocenters. The summed E-state index contributed by atoms with van der Waals surface area (Å²) in [5.41, 5.74) is 0. The monoisotopic (exact) mass is 246 g/mol. The van der Waals surface area contributed by atoms with Crippen LogP contribution >= 0.6 is 0 Å². The van der Waals surface area contributed by atoms with Crippen LogP contribution in [0.3, 0.4) is 0 Å². The molecule has 0 aliphatic heterocycles. The van der Waals surface area contributed by atoms with Gasteiger partial charge in [0.25, 0.3) is 0 Å². The van der Waals surface area contributed by atoms with Gasteiger partial charge in [0.2, 0.25) is 0 Å². The molecule has 0 rings (SSSR count). The van der Waals surface area contributed by atoms with Crippen LogP contribution in [0.1, 0.15) is 6.42 Å². The van der Waals surface area contributed by atoms with Crippen molar-refractivity contribution in [2.45, 2.75) is 6.42 Å². The quantitative estimate of drug-likeness (QED) is 0.253. The molecule has 2 N–H and O–H groups in total. The van der Waals surface area contributed by atoms with Gasteiger partial charge in [-0.15, -0.1) is 0 Å². The van der Waals surface area contributed by atoms with Crippen LogP contribution in [0.25, 0.3) is 0 Å². The summed E-state index contributed by atoms with van der Waals surface area (Å²) in [6.45, 7) is 3.24. The van der Waals surface area contributed by atoms with Gasteiger partial charge in [-0.1, -0.05) is 6.58 Å². The maximum Gasteiger partial charge on any atom is 0.330 e. The van der Waals surface area contributed by atoms with E-state index >= 15 is 0 Å². The van der Waals surface area contributed by atoms with E-state index in [0.29, 0.717) is 0 Å². The molecule has 0 bridgehead atoms. The average molecular weight is 246 g/mol. The number of esters is 1. The van der Waals surface area contributed by atoms with E-state index in [1.807, 2.05) is 0 Å². The van der Waals surface area contributed by atoms with E-state index in [1.54, 1.807) is 0 Å². The van der Waals surface area contributed by atoms with Gasteiger partial charge in [0, 0.05) is 12.7 Å². The molecule has 0 spiro atoms. The Morgan fingerprint density at radius 1 is 1.12 bits per heavy atom. The van der Waals surface area contributed by atoms with E-state index in [1.165, 1.54) is 0 Å². The Morgan fingerprint density at radius 3 is 2.18 bits per heavy atom. The predicted octanol–water partition coefficient (Wildman–Crippen LogP) is -0.0923. The van der Waals surface area contributed by atoms with Gasteiger partial charge >= 0.3 is 17.9 Å². The van der Waals surface area contributed by atoms with E-state index in [9.17, 15) is 14.4 Å². The van der Waals surface area contributed by atoms with Crippen molar-refractivity contribution >= 4 is 17.9 Å². The predicted molar refractivity (Wildman–Crippen MR) is 55.4 cm³/mol. The Hall–Kier alpha value is -1.89. The van der Waals surface area contributed by atoms with Crippen molar-refractivity contribution in [2.75, 3.05) is 19.8 Å². The van der Waals surface area contributed by atoms with Gasteiger partial charge in [-0.05, 0) is 6.42 Å². The summed E-state index contributed by atoms with van der Waals surface area (Å²) in [5.74, 6) is -4.87. The molecule has 17 heavy (non-hydrogen) atoms. The van der Waals surface area contributed by atoms with Crippen molar-refractivity contribution < 1.29 is 34.1 Å². The fraction of sp³-hybridized carbons (Fsp3) is 0.500. The van der Waals surface area contributed by atoms with Gasteiger partial charge in [0.1, 0.15) is 6.61 Å². The summed E-state index contributed by atoms with van der Waals surface area (Å²) in [5, 5.41) is 17.1. The van der Waals surface area contributed by atoms with Gasteiger partial charge < -0.3 is 19.7 Å². The molecular weight excluding hydrogens is 232 g/mol. The summed E-state index contributed by atoms with van der Waals surface area (Å²) < 4.78 is 9.50. The third-order valence-corrected chi connectivity index (χ3v) is 1.79. The molecular formula is C10H14O7. The highest BCUT2D eigenvalue weighted by Gasteiger charge is 2.24. The summed E-state index contributed by atoms with van der Waals surface area (Å²) >= 11 is 0. The minimum absolute atomic E-state index is 0.00959. The summed E-state index contributed by atoms with van der Waals surface area (Å²) in [4.78, 5) is 31.5. The first-order valence-corrected chi connectivity index (χ1v) is 4.81. The lowest BCUT2D eigenvalue weighted by Crippen LogP contribution is -2.25. The lowest BCUT2D eigenvalue weighted by Gasteiger charge is -2.07. The number of carbonyl (C=O) groups excluding carboxylic acids is 1. The van der Waals surface area contributed by atoms with Gasteiger partial charge in [-0.3, -0.25) is 9.59 Å². The van der Waals surface area contributed by atoms with Crippen LogP contribution < -0.4 is 0 Å². The molecule has 0 radical (unpaired) electrons. The number of carboxylic acid groups (broad SMARTS) is 2. The molecule has 0 aromatic rings. The van der Waals surface area contributed by atoms with E-state index in [0.717, 1.165) is 6.08 Å². The normalized spacial score (nSPS) is 9.94. The van der Waals surface area contributed by atoms with Crippen LogP contribution in [0, 0.1) is 5.92 Å². The number of carbonyl (C=O) groups is 3. The maximum atomic E-state index is 10.6. The summed E-state index contributed by atoms with van der Waals surface area (Å²) in [7, 11) is 0. The number of carboxylic acids is 2.